The van der Waals surface area contributed by atoms with Crippen molar-refractivity contribution in [1.29, 1.82) is 0 Å². The summed E-state index contributed by atoms with van der Waals surface area (Å²) in [6.45, 7) is 7.06. The Labute approximate surface area is 181 Å². The number of benzene rings is 1. The van der Waals surface area contributed by atoms with E-state index in [1.165, 1.54) is 49.0 Å². The summed E-state index contributed by atoms with van der Waals surface area (Å²) in [6.07, 6.45) is 7.76. The predicted octanol–water partition coefficient (Wildman–Crippen LogP) is 0.168. The first-order valence-electron chi connectivity index (χ1n) is 11.9. The summed E-state index contributed by atoms with van der Waals surface area (Å²) >= 11 is 0. The Balaban J connectivity index is 1.26. The monoisotopic (exact) mass is 417 g/mol. The summed E-state index contributed by atoms with van der Waals surface area (Å²) in [7, 11) is 3.36. The maximum absolute atomic E-state index is 13.1. The number of likely N-dealkylation sites (tertiary alicyclic amines) is 1. The van der Waals surface area contributed by atoms with Gasteiger partial charge in [-0.1, -0.05) is 12.8 Å². The number of ether oxygens (including phenoxy) is 2. The first kappa shape index (κ1) is 21.4. The largest absolute Gasteiger partial charge is 0.493 e. The summed E-state index contributed by atoms with van der Waals surface area (Å²) in [6, 6.07) is 6.75. The highest BCUT2D eigenvalue weighted by Crippen LogP contribution is 2.35. The minimum Gasteiger partial charge on any atom is -0.493 e. The molecular formula is C24H39N3O3+2. The molecule has 4 rings (SSSR count). The number of amides is 1. The number of piperidine rings is 1. The van der Waals surface area contributed by atoms with Crippen molar-refractivity contribution in [2.75, 3.05) is 53.5 Å². The van der Waals surface area contributed by atoms with Gasteiger partial charge < -0.3 is 24.2 Å². The van der Waals surface area contributed by atoms with Gasteiger partial charge in [0.05, 0.1) is 14.2 Å². The van der Waals surface area contributed by atoms with Gasteiger partial charge in [-0.05, 0) is 49.8 Å². The van der Waals surface area contributed by atoms with Gasteiger partial charge in [-0.15, -0.1) is 0 Å². The molecule has 3 fully saturated rings. The average molecular weight is 418 g/mol. The smallest absolute Gasteiger partial charge is 0.278 e. The Morgan fingerprint density at radius 1 is 0.967 bits per heavy atom. The van der Waals surface area contributed by atoms with Gasteiger partial charge in [-0.3, -0.25) is 4.79 Å². The van der Waals surface area contributed by atoms with Crippen LogP contribution in [0, 0.1) is 5.92 Å². The molecule has 2 heterocycles. The molecule has 3 aliphatic rings. The van der Waals surface area contributed by atoms with E-state index in [0.717, 1.165) is 56.7 Å². The molecule has 2 saturated heterocycles. The Kier molecular flexibility index (Phi) is 7.16. The number of fused-ring (bicyclic) bond motifs is 1. The van der Waals surface area contributed by atoms with Crippen molar-refractivity contribution in [3.05, 3.63) is 23.8 Å². The van der Waals surface area contributed by atoms with Crippen molar-refractivity contribution in [3.8, 4) is 11.5 Å². The number of piperazine rings is 1. The molecule has 30 heavy (non-hydrogen) atoms. The standard InChI is InChI=1S/C24H37N3O3/c1-29-22-10-9-19(16-23(22)30-2)17-25-12-14-26(15-13-25)18-24(28)27-11-5-7-20-6-3-4-8-21(20)27/h9-10,16,20-21H,3-8,11-15,17-18H2,1-2H3/p+2/t20-,21-/m1/s1. The van der Waals surface area contributed by atoms with Gasteiger partial charge in [0.1, 0.15) is 32.7 Å². The van der Waals surface area contributed by atoms with Crippen molar-refractivity contribution in [1.82, 2.24) is 4.90 Å². The zero-order chi connectivity index (χ0) is 20.9. The van der Waals surface area contributed by atoms with E-state index in [-0.39, 0.29) is 0 Å². The van der Waals surface area contributed by atoms with E-state index in [1.54, 1.807) is 19.1 Å². The molecule has 1 aromatic rings. The maximum atomic E-state index is 13.1. The van der Waals surface area contributed by atoms with E-state index < -0.39 is 0 Å². The Morgan fingerprint density at radius 2 is 1.67 bits per heavy atom. The van der Waals surface area contributed by atoms with Crippen LogP contribution in [0.5, 0.6) is 11.5 Å². The van der Waals surface area contributed by atoms with Crippen LogP contribution in [0.15, 0.2) is 18.2 Å². The molecule has 1 amide bonds. The van der Waals surface area contributed by atoms with E-state index in [1.807, 2.05) is 6.07 Å². The third kappa shape index (κ3) is 4.92. The van der Waals surface area contributed by atoms with E-state index in [2.05, 4.69) is 17.0 Å². The Bertz CT molecular complexity index is 716. The second kappa shape index (κ2) is 10.0. The van der Waals surface area contributed by atoms with Crippen LogP contribution in [0.1, 0.15) is 44.1 Å². The molecule has 1 saturated carbocycles. The molecule has 6 heteroatoms. The van der Waals surface area contributed by atoms with Crippen LogP contribution in [0.25, 0.3) is 0 Å². The lowest BCUT2D eigenvalue weighted by molar-refractivity contribution is -1.02. The Morgan fingerprint density at radius 3 is 2.43 bits per heavy atom. The predicted molar refractivity (Wildman–Crippen MR) is 116 cm³/mol. The SMILES string of the molecule is COc1ccc(C[NH+]2CC[NH+](CC(=O)N3CCC[C@H]4CCCC[C@H]43)CC2)cc1OC. The molecule has 1 aliphatic carbocycles. The molecule has 2 aliphatic heterocycles. The number of carbonyl (C=O) groups excluding carboxylic acids is 1. The van der Waals surface area contributed by atoms with Crippen molar-refractivity contribution in [3.63, 3.8) is 0 Å². The average Bonchev–Trinajstić information content (AvgIpc) is 2.79. The van der Waals surface area contributed by atoms with Crippen LogP contribution in [0.2, 0.25) is 0 Å². The maximum Gasteiger partial charge on any atom is 0.278 e. The fourth-order valence-corrected chi connectivity index (χ4v) is 5.84. The van der Waals surface area contributed by atoms with Gasteiger partial charge in [-0.2, -0.15) is 0 Å². The highest BCUT2D eigenvalue weighted by molar-refractivity contribution is 5.77. The van der Waals surface area contributed by atoms with Crippen LogP contribution in [0.4, 0.5) is 0 Å². The minimum absolute atomic E-state index is 0.407. The normalized spacial score (nSPS) is 29.2. The lowest BCUT2D eigenvalue weighted by atomic mass is 9.78. The molecule has 0 radical (unpaired) electrons. The van der Waals surface area contributed by atoms with E-state index in [9.17, 15) is 4.79 Å². The molecule has 6 nitrogen and oxygen atoms in total. The van der Waals surface area contributed by atoms with Crippen LogP contribution >= 0.6 is 0 Å². The van der Waals surface area contributed by atoms with Crippen LogP contribution in [-0.4, -0.2) is 70.3 Å². The minimum atomic E-state index is 0.407. The molecule has 0 aromatic heterocycles. The first-order chi connectivity index (χ1) is 14.7. The third-order valence-corrected chi connectivity index (χ3v) is 7.53. The quantitative estimate of drug-likeness (QED) is 0.694. The summed E-state index contributed by atoms with van der Waals surface area (Å²) in [5, 5.41) is 0. The fourth-order valence-electron chi connectivity index (χ4n) is 5.84. The number of carbonyl (C=O) groups is 1. The fraction of sp³-hybridized carbons (Fsp3) is 0.708. The van der Waals surface area contributed by atoms with Gasteiger partial charge in [0.15, 0.2) is 18.0 Å². The van der Waals surface area contributed by atoms with E-state index in [4.69, 9.17) is 9.47 Å². The molecule has 2 atom stereocenters. The summed E-state index contributed by atoms with van der Waals surface area (Å²) < 4.78 is 10.8. The van der Waals surface area contributed by atoms with E-state index >= 15 is 0 Å². The van der Waals surface area contributed by atoms with Crippen molar-refractivity contribution < 1.29 is 24.1 Å². The van der Waals surface area contributed by atoms with E-state index in [0.29, 0.717) is 18.5 Å². The number of methoxy groups -OCH3 is 2. The van der Waals surface area contributed by atoms with Gasteiger partial charge in [0.2, 0.25) is 0 Å². The topological polar surface area (TPSA) is 47.7 Å². The lowest BCUT2D eigenvalue weighted by Gasteiger charge is -2.44. The molecule has 0 unspecified atom stereocenters. The van der Waals surface area contributed by atoms with Gasteiger partial charge >= 0.3 is 0 Å². The van der Waals surface area contributed by atoms with Crippen molar-refractivity contribution >= 4 is 5.91 Å². The number of nitrogens with one attached hydrogen (secondary N) is 2. The second-order valence-corrected chi connectivity index (χ2v) is 9.38. The summed E-state index contributed by atoms with van der Waals surface area (Å²) in [5.74, 6) is 2.76. The highest BCUT2D eigenvalue weighted by Gasteiger charge is 2.37. The number of hydrogen-bond acceptors (Lipinski definition) is 3. The van der Waals surface area contributed by atoms with Crippen LogP contribution in [-0.2, 0) is 11.3 Å². The lowest BCUT2D eigenvalue weighted by Crippen LogP contribution is -3.28. The van der Waals surface area contributed by atoms with Crippen LogP contribution in [0.3, 0.4) is 0 Å². The zero-order valence-corrected chi connectivity index (χ0v) is 18.8. The second-order valence-electron chi connectivity index (χ2n) is 9.38. The molecule has 2 N–H and O–H groups in total. The van der Waals surface area contributed by atoms with Crippen LogP contribution < -0.4 is 19.3 Å². The number of rotatable bonds is 6. The van der Waals surface area contributed by atoms with Gasteiger partial charge in [0.25, 0.3) is 5.91 Å². The highest BCUT2D eigenvalue weighted by atomic mass is 16.5. The van der Waals surface area contributed by atoms with Crippen molar-refractivity contribution in [2.24, 2.45) is 5.92 Å². The number of nitrogens with zero attached hydrogens (tertiary/aromatic N) is 1. The molecular weight excluding hydrogens is 378 g/mol. The summed E-state index contributed by atoms with van der Waals surface area (Å²) in [5.41, 5.74) is 1.28. The number of quaternary nitrogens is 2. The molecule has 0 spiro atoms. The molecule has 166 valence electrons. The van der Waals surface area contributed by atoms with Gasteiger partial charge in [0, 0.05) is 18.2 Å². The summed E-state index contributed by atoms with van der Waals surface area (Å²) in [4.78, 5) is 18.4. The zero-order valence-electron chi connectivity index (χ0n) is 18.8. The van der Waals surface area contributed by atoms with Gasteiger partial charge in [-0.25, -0.2) is 0 Å². The Hall–Kier alpha value is -1.79. The molecule has 0 bridgehead atoms. The number of hydrogen-bond donors (Lipinski definition) is 2. The van der Waals surface area contributed by atoms with Crippen molar-refractivity contribution in [2.45, 2.75) is 51.1 Å². The first-order valence-corrected chi connectivity index (χ1v) is 11.9. The third-order valence-electron chi connectivity index (χ3n) is 7.53. The molecule has 1 aromatic carbocycles.